The van der Waals surface area contributed by atoms with Crippen LogP contribution in [0.3, 0.4) is 0 Å². The van der Waals surface area contributed by atoms with Crippen LogP contribution in [0.15, 0.2) is 24.3 Å². The average molecular weight is 346 g/mol. The minimum absolute atomic E-state index is 0.263. The molecular weight excluding hydrogens is 325 g/mol. The number of rotatable bonds is 10. The zero-order valence-electron chi connectivity index (χ0n) is 13.3. The zero-order chi connectivity index (χ0) is 17.6. The van der Waals surface area contributed by atoms with Crippen molar-refractivity contribution in [1.29, 1.82) is 0 Å². The summed E-state index contributed by atoms with van der Waals surface area (Å²) >= 11 is 0. The van der Waals surface area contributed by atoms with E-state index in [0.717, 1.165) is 18.9 Å². The fourth-order valence-corrected chi connectivity index (χ4v) is 2.46. The Morgan fingerprint density at radius 2 is 1.96 bits per heavy atom. The number of aryl methyl sites for hydroxylation is 1. The number of benzene rings is 1. The summed E-state index contributed by atoms with van der Waals surface area (Å²) in [6.45, 7) is 1.24. The highest BCUT2D eigenvalue weighted by Gasteiger charge is 2.51. The van der Waals surface area contributed by atoms with Crippen LogP contribution in [0.1, 0.15) is 36.8 Å². The van der Waals surface area contributed by atoms with Crippen molar-refractivity contribution in [2.24, 2.45) is 0 Å². The Morgan fingerprint density at radius 1 is 1.25 bits per heavy atom. The summed E-state index contributed by atoms with van der Waals surface area (Å²) < 4.78 is 48.2. The van der Waals surface area contributed by atoms with Crippen LogP contribution in [-0.4, -0.2) is 36.5 Å². The van der Waals surface area contributed by atoms with Crippen LogP contribution < -0.4 is 0 Å². The number of epoxide rings is 1. The Bertz CT molecular complexity index is 553. The molecule has 1 N–H and O–H groups in total. The van der Waals surface area contributed by atoms with E-state index in [1.165, 1.54) is 12.1 Å². The van der Waals surface area contributed by atoms with Crippen molar-refractivity contribution < 1.29 is 32.5 Å². The molecule has 1 unspecified atom stereocenters. The lowest BCUT2D eigenvalue weighted by molar-refractivity contribution is -0.143. The smallest absolute Gasteiger partial charge is 0.416 e. The Morgan fingerprint density at radius 3 is 2.58 bits per heavy atom. The van der Waals surface area contributed by atoms with Crippen molar-refractivity contribution in [2.75, 3.05) is 19.8 Å². The van der Waals surface area contributed by atoms with Crippen LogP contribution in [-0.2, 0) is 26.9 Å². The number of hydrogen-bond acceptors (Lipinski definition) is 3. The Kier molecular flexibility index (Phi) is 6.23. The normalized spacial score (nSPS) is 20.1. The molecule has 0 radical (unpaired) electrons. The number of unbranched alkanes of at least 4 members (excludes halogenated alkanes) is 1. The monoisotopic (exact) mass is 346 g/mol. The third kappa shape index (κ3) is 5.49. The van der Waals surface area contributed by atoms with E-state index in [1.807, 2.05) is 0 Å². The van der Waals surface area contributed by atoms with E-state index >= 15 is 0 Å². The van der Waals surface area contributed by atoms with Gasteiger partial charge in [0.15, 0.2) is 5.60 Å². The van der Waals surface area contributed by atoms with E-state index in [4.69, 9.17) is 14.6 Å². The highest BCUT2D eigenvalue weighted by atomic mass is 19.4. The van der Waals surface area contributed by atoms with Crippen molar-refractivity contribution in [3.05, 3.63) is 35.4 Å². The van der Waals surface area contributed by atoms with Crippen LogP contribution in [0, 0.1) is 0 Å². The molecule has 0 amide bonds. The molecule has 1 aromatic rings. The van der Waals surface area contributed by atoms with Gasteiger partial charge in [-0.15, -0.1) is 0 Å². The van der Waals surface area contributed by atoms with Gasteiger partial charge in [-0.2, -0.15) is 13.2 Å². The van der Waals surface area contributed by atoms with Gasteiger partial charge in [-0.1, -0.05) is 18.2 Å². The SMILES string of the molecule is O=C(O)C1(CCCOCCCCc2cccc(C(F)(F)F)c2)CO1. The highest BCUT2D eigenvalue weighted by Crippen LogP contribution is 2.32. The summed E-state index contributed by atoms with van der Waals surface area (Å²) in [5.41, 5.74) is -0.947. The molecule has 1 aliphatic heterocycles. The molecule has 1 saturated heterocycles. The third-order valence-electron chi connectivity index (χ3n) is 4.01. The van der Waals surface area contributed by atoms with E-state index in [0.29, 0.717) is 38.0 Å². The average Bonchev–Trinajstić information content (AvgIpc) is 3.31. The number of halogens is 3. The molecule has 7 heteroatoms. The van der Waals surface area contributed by atoms with E-state index in [-0.39, 0.29) is 6.61 Å². The maximum Gasteiger partial charge on any atom is 0.416 e. The number of hydrogen-bond donors (Lipinski definition) is 1. The summed E-state index contributed by atoms with van der Waals surface area (Å²) in [5.74, 6) is -0.927. The number of carboxylic acids is 1. The molecule has 2 rings (SSSR count). The first-order valence-corrected chi connectivity index (χ1v) is 7.95. The Hall–Kier alpha value is -1.60. The van der Waals surface area contributed by atoms with Gasteiger partial charge in [0, 0.05) is 13.2 Å². The van der Waals surface area contributed by atoms with Crippen molar-refractivity contribution in [3.63, 3.8) is 0 Å². The van der Waals surface area contributed by atoms with Gasteiger partial charge < -0.3 is 14.6 Å². The van der Waals surface area contributed by atoms with Gasteiger partial charge in [0.1, 0.15) is 0 Å². The fraction of sp³-hybridized carbons (Fsp3) is 0.588. The number of carbonyl (C=O) groups is 1. The molecule has 0 aliphatic carbocycles. The number of carboxylic acid groups (broad SMARTS) is 1. The van der Waals surface area contributed by atoms with Gasteiger partial charge >= 0.3 is 12.1 Å². The van der Waals surface area contributed by atoms with Gasteiger partial charge in [0.05, 0.1) is 12.2 Å². The fourth-order valence-electron chi connectivity index (χ4n) is 2.46. The molecule has 1 aromatic carbocycles. The molecule has 0 spiro atoms. The maximum absolute atomic E-state index is 12.6. The maximum atomic E-state index is 12.6. The summed E-state index contributed by atoms with van der Waals surface area (Å²) in [6.07, 6.45) is -1.20. The number of aliphatic carboxylic acids is 1. The Labute approximate surface area is 138 Å². The first-order chi connectivity index (χ1) is 11.3. The van der Waals surface area contributed by atoms with Gasteiger partial charge in [0.2, 0.25) is 0 Å². The second-order valence-corrected chi connectivity index (χ2v) is 5.96. The molecule has 1 heterocycles. The molecule has 1 fully saturated rings. The van der Waals surface area contributed by atoms with E-state index in [2.05, 4.69) is 0 Å². The van der Waals surface area contributed by atoms with Crippen LogP contribution in [0.2, 0.25) is 0 Å². The van der Waals surface area contributed by atoms with Crippen molar-refractivity contribution >= 4 is 5.97 Å². The van der Waals surface area contributed by atoms with Gasteiger partial charge in [0.25, 0.3) is 0 Å². The van der Waals surface area contributed by atoms with Gasteiger partial charge in [-0.05, 0) is 43.7 Å². The van der Waals surface area contributed by atoms with E-state index < -0.39 is 23.3 Å². The largest absolute Gasteiger partial charge is 0.479 e. The molecular formula is C17H21F3O4. The summed E-state index contributed by atoms with van der Waals surface area (Å²) in [5, 5.41) is 8.92. The molecule has 4 nitrogen and oxygen atoms in total. The first-order valence-electron chi connectivity index (χ1n) is 7.95. The zero-order valence-corrected chi connectivity index (χ0v) is 13.3. The minimum Gasteiger partial charge on any atom is -0.479 e. The second-order valence-electron chi connectivity index (χ2n) is 5.96. The van der Waals surface area contributed by atoms with Crippen molar-refractivity contribution in [2.45, 2.75) is 43.9 Å². The molecule has 1 aliphatic rings. The quantitative estimate of drug-likeness (QED) is 0.519. The minimum atomic E-state index is -4.31. The lowest BCUT2D eigenvalue weighted by Gasteiger charge is -2.09. The third-order valence-corrected chi connectivity index (χ3v) is 4.01. The number of ether oxygens (including phenoxy) is 2. The second kappa shape index (κ2) is 7.98. The van der Waals surface area contributed by atoms with Gasteiger partial charge in [-0.3, -0.25) is 0 Å². The molecule has 1 atom stereocenters. The van der Waals surface area contributed by atoms with Crippen LogP contribution in [0.4, 0.5) is 13.2 Å². The number of alkyl halides is 3. The summed E-state index contributed by atoms with van der Waals surface area (Å²) in [6, 6.07) is 5.37. The molecule has 0 saturated carbocycles. The highest BCUT2D eigenvalue weighted by molar-refractivity contribution is 5.80. The molecule has 24 heavy (non-hydrogen) atoms. The van der Waals surface area contributed by atoms with Crippen molar-refractivity contribution in [3.8, 4) is 0 Å². The van der Waals surface area contributed by atoms with E-state index in [1.54, 1.807) is 6.07 Å². The predicted octanol–water partition coefficient (Wildman–Crippen LogP) is 3.68. The standard InChI is InChI=1S/C17H21F3O4/c18-17(19,20)14-7-3-6-13(11-14)5-1-2-9-23-10-4-8-16(12-24-16)15(21)22/h3,6-7,11H,1-2,4-5,8-10,12H2,(H,21,22). The molecule has 0 bridgehead atoms. The van der Waals surface area contributed by atoms with Crippen molar-refractivity contribution in [1.82, 2.24) is 0 Å². The Balaban J connectivity index is 1.55. The van der Waals surface area contributed by atoms with Gasteiger partial charge in [-0.25, -0.2) is 4.79 Å². The summed E-state index contributed by atoms with van der Waals surface area (Å²) in [7, 11) is 0. The van der Waals surface area contributed by atoms with Crippen LogP contribution in [0.25, 0.3) is 0 Å². The van der Waals surface area contributed by atoms with Crippen LogP contribution >= 0.6 is 0 Å². The van der Waals surface area contributed by atoms with Crippen LogP contribution in [0.5, 0.6) is 0 Å². The topological polar surface area (TPSA) is 59.1 Å². The first kappa shape index (κ1) is 18.7. The summed E-state index contributed by atoms with van der Waals surface area (Å²) in [4.78, 5) is 10.9. The molecule has 134 valence electrons. The lowest BCUT2D eigenvalue weighted by Crippen LogP contribution is -2.24. The lowest BCUT2D eigenvalue weighted by atomic mass is 10.1. The van der Waals surface area contributed by atoms with E-state index in [9.17, 15) is 18.0 Å². The predicted molar refractivity (Wildman–Crippen MR) is 80.8 cm³/mol. The molecule has 0 aromatic heterocycles.